The van der Waals surface area contributed by atoms with Crippen LogP contribution in [0.1, 0.15) is 64.2 Å². The molecule has 2 aliphatic rings. The van der Waals surface area contributed by atoms with E-state index in [1.807, 2.05) is 0 Å². The highest BCUT2D eigenvalue weighted by Crippen LogP contribution is 2.17. The van der Waals surface area contributed by atoms with Gasteiger partial charge in [-0.15, -0.1) is 0 Å². The second-order valence-corrected chi connectivity index (χ2v) is 5.59. The largest absolute Gasteiger partial charge is 0.344 e. The van der Waals surface area contributed by atoms with E-state index < -0.39 is 0 Å². The third kappa shape index (κ3) is 7.66. The molecule has 17 heavy (non-hydrogen) atoms. The van der Waals surface area contributed by atoms with Crippen molar-refractivity contribution in [3.8, 4) is 0 Å². The van der Waals surface area contributed by atoms with E-state index >= 15 is 0 Å². The normalized spacial score (nSPS) is 22.5. The molecular formula is C13H26N2OS. The van der Waals surface area contributed by atoms with Crippen LogP contribution in [0.4, 0.5) is 4.79 Å². The van der Waals surface area contributed by atoms with Crippen molar-refractivity contribution in [3.05, 3.63) is 0 Å². The van der Waals surface area contributed by atoms with E-state index in [9.17, 15) is 4.79 Å². The lowest BCUT2D eigenvalue weighted by atomic mass is 9.96. The molecule has 0 radical (unpaired) electrons. The maximum atomic E-state index is 10.5. The van der Waals surface area contributed by atoms with Crippen molar-refractivity contribution in [3.63, 3.8) is 0 Å². The number of nitrogens with two attached hydrogens (primary N) is 1. The minimum Gasteiger partial charge on any atom is -0.344 e. The Morgan fingerprint density at radius 1 is 0.941 bits per heavy atom. The van der Waals surface area contributed by atoms with Gasteiger partial charge in [-0.2, -0.15) is 0 Å². The third-order valence-corrected chi connectivity index (χ3v) is 3.71. The Morgan fingerprint density at radius 3 is 1.76 bits per heavy atom. The Hall–Kier alpha value is -0.220. The second-order valence-electron chi connectivity index (χ2n) is 5.18. The highest BCUT2D eigenvalue weighted by molar-refractivity contribution is 7.96. The first kappa shape index (κ1) is 14.8. The summed E-state index contributed by atoms with van der Waals surface area (Å²) in [7, 11) is 0. The van der Waals surface area contributed by atoms with Gasteiger partial charge in [0.05, 0.1) is 0 Å². The predicted octanol–water partition coefficient (Wildman–Crippen LogP) is 3.24. The molecule has 2 fully saturated rings. The van der Waals surface area contributed by atoms with Gasteiger partial charge in [-0.25, -0.2) is 0 Å². The Bertz CT molecular complexity index is 211. The number of hydrogen-bond acceptors (Lipinski definition) is 2. The molecule has 0 aromatic carbocycles. The van der Waals surface area contributed by atoms with Crippen LogP contribution >= 0.6 is 12.6 Å². The van der Waals surface area contributed by atoms with Crippen molar-refractivity contribution in [1.29, 1.82) is 0 Å². The number of rotatable bonds is 1. The fourth-order valence-electron chi connectivity index (χ4n) is 2.56. The first-order valence-electron chi connectivity index (χ1n) is 6.93. The van der Waals surface area contributed by atoms with Crippen LogP contribution in [0.15, 0.2) is 0 Å². The van der Waals surface area contributed by atoms with Crippen LogP contribution in [0, 0.1) is 0 Å². The predicted molar refractivity (Wildman–Crippen MR) is 75.5 cm³/mol. The second kappa shape index (κ2) is 8.81. The smallest absolute Gasteiger partial charge is 0.276 e. The summed E-state index contributed by atoms with van der Waals surface area (Å²) in [6, 6.07) is 0.937. The van der Waals surface area contributed by atoms with Crippen LogP contribution in [0.5, 0.6) is 0 Å². The molecule has 0 heterocycles. The maximum Gasteiger partial charge on any atom is 0.276 e. The molecule has 3 nitrogen and oxygen atoms in total. The molecule has 0 aromatic rings. The number of thiol groups is 1. The molecule has 4 heteroatoms. The minimum atomic E-state index is -0.188. The molecule has 100 valence electrons. The zero-order valence-electron chi connectivity index (χ0n) is 10.7. The summed E-state index contributed by atoms with van der Waals surface area (Å²) in [5, 5.41) is 2.62. The maximum absolute atomic E-state index is 10.5. The van der Waals surface area contributed by atoms with Gasteiger partial charge in [-0.3, -0.25) is 4.79 Å². The van der Waals surface area contributed by atoms with Gasteiger partial charge in [0.2, 0.25) is 0 Å². The SMILES string of the molecule is NC1CCCCC1.O=C(S)NC1CCCCC1. The van der Waals surface area contributed by atoms with Crippen LogP contribution < -0.4 is 11.1 Å². The quantitative estimate of drug-likeness (QED) is 0.632. The Kier molecular flexibility index (Phi) is 7.69. The highest BCUT2D eigenvalue weighted by Gasteiger charge is 2.13. The van der Waals surface area contributed by atoms with Gasteiger partial charge in [0.25, 0.3) is 5.24 Å². The Morgan fingerprint density at radius 2 is 1.41 bits per heavy atom. The van der Waals surface area contributed by atoms with Crippen LogP contribution in [0.3, 0.4) is 0 Å². The molecule has 0 unspecified atom stereocenters. The van der Waals surface area contributed by atoms with Gasteiger partial charge in [0.15, 0.2) is 0 Å². The number of carbonyl (C=O) groups excluding carboxylic acids is 1. The average Bonchev–Trinajstić information content (AvgIpc) is 2.31. The lowest BCUT2D eigenvalue weighted by molar-refractivity contribution is 0.253. The third-order valence-electron chi connectivity index (χ3n) is 3.58. The summed E-state index contributed by atoms with van der Waals surface area (Å²) in [6.07, 6.45) is 12.7. The zero-order chi connectivity index (χ0) is 12.5. The monoisotopic (exact) mass is 258 g/mol. The molecule has 2 aliphatic carbocycles. The molecule has 0 bridgehead atoms. The summed E-state index contributed by atoms with van der Waals surface area (Å²) in [5.74, 6) is 0. The van der Waals surface area contributed by atoms with Crippen molar-refractivity contribution in [2.45, 2.75) is 76.3 Å². The molecule has 0 spiro atoms. The molecule has 3 N–H and O–H groups in total. The van der Waals surface area contributed by atoms with Crippen molar-refractivity contribution >= 4 is 17.9 Å². The van der Waals surface area contributed by atoms with E-state index in [1.54, 1.807) is 0 Å². The van der Waals surface area contributed by atoms with Crippen molar-refractivity contribution in [2.24, 2.45) is 5.73 Å². The number of amides is 1. The summed E-state index contributed by atoms with van der Waals surface area (Å²) in [4.78, 5) is 10.5. The summed E-state index contributed by atoms with van der Waals surface area (Å²) < 4.78 is 0. The molecule has 0 saturated heterocycles. The molecule has 0 aliphatic heterocycles. The molecule has 2 saturated carbocycles. The molecule has 2 rings (SSSR count). The van der Waals surface area contributed by atoms with Crippen LogP contribution in [0.2, 0.25) is 0 Å². The molecule has 0 aromatic heterocycles. The van der Waals surface area contributed by atoms with E-state index in [0.717, 1.165) is 12.8 Å². The van der Waals surface area contributed by atoms with Gasteiger partial charge >= 0.3 is 0 Å². The molecular weight excluding hydrogens is 232 g/mol. The van der Waals surface area contributed by atoms with Gasteiger partial charge in [-0.05, 0) is 25.7 Å². The van der Waals surface area contributed by atoms with Crippen LogP contribution in [-0.2, 0) is 0 Å². The van der Waals surface area contributed by atoms with Gasteiger partial charge < -0.3 is 11.1 Å². The van der Waals surface area contributed by atoms with Crippen molar-refractivity contribution in [2.75, 3.05) is 0 Å². The number of hydrogen-bond donors (Lipinski definition) is 3. The Balaban J connectivity index is 0.000000181. The lowest BCUT2D eigenvalue weighted by Gasteiger charge is -2.21. The first-order valence-corrected chi connectivity index (χ1v) is 7.38. The number of carbonyl (C=O) groups is 1. The summed E-state index contributed by atoms with van der Waals surface area (Å²) in [6.45, 7) is 0. The fourth-order valence-corrected chi connectivity index (χ4v) is 2.74. The van der Waals surface area contributed by atoms with Crippen LogP contribution in [-0.4, -0.2) is 17.3 Å². The van der Waals surface area contributed by atoms with Crippen molar-refractivity contribution in [1.82, 2.24) is 5.32 Å². The molecule has 0 atom stereocenters. The number of nitrogens with one attached hydrogen (secondary N) is 1. The van der Waals surface area contributed by atoms with E-state index in [-0.39, 0.29) is 5.24 Å². The lowest BCUT2D eigenvalue weighted by Crippen LogP contribution is -2.32. The van der Waals surface area contributed by atoms with E-state index in [2.05, 4.69) is 17.9 Å². The van der Waals surface area contributed by atoms with Crippen LogP contribution in [0.25, 0.3) is 0 Å². The van der Waals surface area contributed by atoms with Crippen molar-refractivity contribution < 1.29 is 4.79 Å². The van der Waals surface area contributed by atoms with Gasteiger partial charge in [0, 0.05) is 12.1 Å². The van der Waals surface area contributed by atoms with E-state index in [0.29, 0.717) is 12.1 Å². The van der Waals surface area contributed by atoms with Gasteiger partial charge in [0.1, 0.15) is 0 Å². The summed E-state index contributed by atoms with van der Waals surface area (Å²) >= 11 is 3.66. The average molecular weight is 258 g/mol. The van der Waals surface area contributed by atoms with E-state index in [1.165, 1.54) is 51.4 Å². The minimum absolute atomic E-state index is 0.188. The Labute approximate surface area is 110 Å². The zero-order valence-corrected chi connectivity index (χ0v) is 11.6. The standard InChI is InChI=1S/C7H13NOS.C6H13N/c9-7(10)8-6-4-2-1-3-5-6;7-6-4-2-1-3-5-6/h6H,1-5H2,(H2,8,9,10);6H,1-5,7H2. The fraction of sp³-hybridized carbons (Fsp3) is 0.923. The summed E-state index contributed by atoms with van der Waals surface area (Å²) in [5.41, 5.74) is 5.63. The highest BCUT2D eigenvalue weighted by atomic mass is 32.1. The van der Waals surface area contributed by atoms with Gasteiger partial charge in [-0.1, -0.05) is 51.2 Å². The van der Waals surface area contributed by atoms with E-state index in [4.69, 9.17) is 5.73 Å². The molecule has 1 amide bonds. The topological polar surface area (TPSA) is 55.1 Å². The first-order chi connectivity index (χ1) is 8.18.